The molecule has 3 rings (SSSR count). The van der Waals surface area contributed by atoms with Crippen LogP contribution in [-0.2, 0) is 0 Å². The fourth-order valence-electron chi connectivity index (χ4n) is 2.79. The van der Waals surface area contributed by atoms with Gasteiger partial charge in [0, 0.05) is 36.4 Å². The van der Waals surface area contributed by atoms with E-state index in [0.29, 0.717) is 16.5 Å². The Hall–Kier alpha value is -1.86. The predicted octanol–water partition coefficient (Wildman–Crippen LogP) is 1.94. The summed E-state index contributed by atoms with van der Waals surface area (Å²) in [6.07, 6.45) is 6.44. The van der Waals surface area contributed by atoms with Gasteiger partial charge in [-0.1, -0.05) is 0 Å². The molecular formula is C15H19N5OS. The van der Waals surface area contributed by atoms with E-state index in [2.05, 4.69) is 15.0 Å². The van der Waals surface area contributed by atoms with Crippen molar-refractivity contribution in [3.05, 3.63) is 29.5 Å². The molecule has 2 atom stereocenters. The van der Waals surface area contributed by atoms with Gasteiger partial charge in [0.15, 0.2) is 10.8 Å². The zero-order chi connectivity index (χ0) is 15.5. The molecular weight excluding hydrogens is 298 g/mol. The van der Waals surface area contributed by atoms with E-state index in [1.165, 1.54) is 11.3 Å². The Labute approximate surface area is 133 Å². The average Bonchev–Trinajstić information content (AvgIpc) is 3.05. The summed E-state index contributed by atoms with van der Waals surface area (Å²) >= 11 is 1.39. The molecule has 2 aromatic heterocycles. The van der Waals surface area contributed by atoms with Crippen molar-refractivity contribution >= 4 is 17.2 Å². The summed E-state index contributed by atoms with van der Waals surface area (Å²) in [4.78, 5) is 27.4. The third-order valence-corrected chi connectivity index (χ3v) is 4.74. The van der Waals surface area contributed by atoms with Gasteiger partial charge in [0.25, 0.3) is 5.91 Å². The third kappa shape index (κ3) is 3.00. The summed E-state index contributed by atoms with van der Waals surface area (Å²) in [6.45, 7) is 2.71. The number of carbonyl (C=O) groups is 1. The molecule has 1 fully saturated rings. The quantitative estimate of drug-likeness (QED) is 0.935. The number of hydrogen-bond acceptors (Lipinski definition) is 6. The molecule has 0 radical (unpaired) electrons. The lowest BCUT2D eigenvalue weighted by Crippen LogP contribution is -2.51. The Morgan fingerprint density at radius 1 is 1.41 bits per heavy atom. The van der Waals surface area contributed by atoms with Gasteiger partial charge in [0.1, 0.15) is 5.69 Å². The summed E-state index contributed by atoms with van der Waals surface area (Å²) < 4.78 is 0. The standard InChI is InChI=1S/C15H19N5OS/c1-10(16)12-5-2-3-8-20(12)15(21)11-9-22-14(19-11)13-17-6-4-7-18-13/h4,6-7,9-10,12H,2-3,5,8,16H2,1H3/t10-,12+/m1/s1. The van der Waals surface area contributed by atoms with E-state index in [1.54, 1.807) is 23.8 Å². The lowest BCUT2D eigenvalue weighted by molar-refractivity contribution is 0.0578. The summed E-state index contributed by atoms with van der Waals surface area (Å²) in [5.74, 6) is 0.509. The molecule has 1 aliphatic rings. The molecule has 1 amide bonds. The zero-order valence-electron chi connectivity index (χ0n) is 12.5. The second-order valence-corrected chi connectivity index (χ2v) is 6.39. The third-order valence-electron chi connectivity index (χ3n) is 3.90. The van der Waals surface area contributed by atoms with Gasteiger partial charge in [-0.05, 0) is 32.3 Å². The van der Waals surface area contributed by atoms with Crippen LogP contribution in [0.3, 0.4) is 0 Å². The van der Waals surface area contributed by atoms with Crippen molar-refractivity contribution in [2.75, 3.05) is 6.54 Å². The Kier molecular flexibility index (Phi) is 4.44. The van der Waals surface area contributed by atoms with Gasteiger partial charge >= 0.3 is 0 Å². The van der Waals surface area contributed by atoms with Crippen molar-refractivity contribution in [3.8, 4) is 10.8 Å². The van der Waals surface area contributed by atoms with Crippen molar-refractivity contribution < 1.29 is 4.79 Å². The van der Waals surface area contributed by atoms with Gasteiger partial charge in [0.2, 0.25) is 0 Å². The largest absolute Gasteiger partial charge is 0.333 e. The molecule has 0 unspecified atom stereocenters. The van der Waals surface area contributed by atoms with Crippen LogP contribution in [0.5, 0.6) is 0 Å². The first-order valence-electron chi connectivity index (χ1n) is 7.46. The van der Waals surface area contributed by atoms with Crippen LogP contribution < -0.4 is 5.73 Å². The lowest BCUT2D eigenvalue weighted by Gasteiger charge is -2.37. The number of nitrogens with two attached hydrogens (primary N) is 1. The molecule has 116 valence electrons. The van der Waals surface area contributed by atoms with E-state index in [1.807, 2.05) is 11.8 Å². The highest BCUT2D eigenvalue weighted by Crippen LogP contribution is 2.24. The minimum absolute atomic E-state index is 0.0280. The number of thiazole rings is 1. The normalized spacial score (nSPS) is 19.9. The number of aromatic nitrogens is 3. The van der Waals surface area contributed by atoms with Crippen LogP contribution in [0, 0.1) is 0 Å². The topological polar surface area (TPSA) is 85.0 Å². The van der Waals surface area contributed by atoms with Crippen LogP contribution in [0.1, 0.15) is 36.7 Å². The van der Waals surface area contributed by atoms with Crippen LogP contribution in [0.2, 0.25) is 0 Å². The Bertz CT molecular complexity index is 642. The van der Waals surface area contributed by atoms with Gasteiger partial charge < -0.3 is 10.6 Å². The Balaban J connectivity index is 1.82. The Morgan fingerprint density at radius 3 is 2.91 bits per heavy atom. The van der Waals surface area contributed by atoms with Gasteiger partial charge in [-0.3, -0.25) is 4.79 Å². The number of hydrogen-bond donors (Lipinski definition) is 1. The SMILES string of the molecule is C[C@@H](N)[C@@H]1CCCCN1C(=O)c1csc(-c2ncccn2)n1. The molecule has 1 aliphatic heterocycles. The van der Waals surface area contributed by atoms with E-state index in [9.17, 15) is 4.79 Å². The minimum Gasteiger partial charge on any atom is -0.333 e. The minimum atomic E-state index is -0.0413. The first-order chi connectivity index (χ1) is 10.7. The molecule has 3 heterocycles. The Morgan fingerprint density at radius 2 is 2.18 bits per heavy atom. The highest BCUT2D eigenvalue weighted by molar-refractivity contribution is 7.13. The van der Waals surface area contributed by atoms with Crippen molar-refractivity contribution in [1.82, 2.24) is 19.9 Å². The van der Waals surface area contributed by atoms with Crippen LogP contribution in [-0.4, -0.2) is 44.4 Å². The molecule has 2 aromatic rings. The van der Waals surface area contributed by atoms with Crippen molar-refractivity contribution in [1.29, 1.82) is 0 Å². The highest BCUT2D eigenvalue weighted by atomic mass is 32.1. The van der Waals surface area contributed by atoms with Crippen molar-refractivity contribution in [3.63, 3.8) is 0 Å². The van der Waals surface area contributed by atoms with Crippen molar-refractivity contribution in [2.45, 2.75) is 38.3 Å². The van der Waals surface area contributed by atoms with Gasteiger partial charge in [0.05, 0.1) is 0 Å². The van der Waals surface area contributed by atoms with E-state index in [0.717, 1.165) is 25.8 Å². The number of likely N-dealkylation sites (tertiary alicyclic amines) is 1. The summed E-state index contributed by atoms with van der Waals surface area (Å²) in [7, 11) is 0. The summed E-state index contributed by atoms with van der Waals surface area (Å²) in [5, 5.41) is 2.44. The number of rotatable bonds is 3. The van der Waals surface area contributed by atoms with Crippen LogP contribution in [0.15, 0.2) is 23.8 Å². The zero-order valence-corrected chi connectivity index (χ0v) is 13.3. The molecule has 2 N–H and O–H groups in total. The molecule has 7 heteroatoms. The average molecular weight is 317 g/mol. The molecule has 22 heavy (non-hydrogen) atoms. The van der Waals surface area contributed by atoms with E-state index < -0.39 is 0 Å². The second kappa shape index (κ2) is 6.50. The number of piperidine rings is 1. The fraction of sp³-hybridized carbons (Fsp3) is 0.467. The maximum Gasteiger partial charge on any atom is 0.273 e. The molecule has 0 bridgehead atoms. The van der Waals surface area contributed by atoms with Gasteiger partial charge in [-0.25, -0.2) is 15.0 Å². The number of amides is 1. The molecule has 6 nitrogen and oxygen atoms in total. The maximum absolute atomic E-state index is 12.7. The van der Waals surface area contributed by atoms with Crippen LogP contribution >= 0.6 is 11.3 Å². The number of nitrogens with zero attached hydrogens (tertiary/aromatic N) is 4. The van der Waals surface area contributed by atoms with Gasteiger partial charge in [-0.15, -0.1) is 11.3 Å². The van der Waals surface area contributed by atoms with Crippen LogP contribution in [0.4, 0.5) is 0 Å². The highest BCUT2D eigenvalue weighted by Gasteiger charge is 2.31. The first kappa shape index (κ1) is 15.1. The fourth-order valence-corrected chi connectivity index (χ4v) is 3.53. The molecule has 0 aliphatic carbocycles. The molecule has 0 saturated carbocycles. The van der Waals surface area contributed by atoms with Crippen molar-refractivity contribution in [2.24, 2.45) is 5.73 Å². The summed E-state index contributed by atoms with van der Waals surface area (Å²) in [5.41, 5.74) is 6.50. The van der Waals surface area contributed by atoms with Crippen LogP contribution in [0.25, 0.3) is 10.8 Å². The smallest absolute Gasteiger partial charge is 0.273 e. The number of carbonyl (C=O) groups excluding carboxylic acids is 1. The maximum atomic E-state index is 12.7. The van der Waals surface area contributed by atoms with E-state index in [-0.39, 0.29) is 18.0 Å². The van der Waals surface area contributed by atoms with Gasteiger partial charge in [-0.2, -0.15) is 0 Å². The molecule has 0 aromatic carbocycles. The predicted molar refractivity (Wildman–Crippen MR) is 85.5 cm³/mol. The molecule has 1 saturated heterocycles. The summed E-state index contributed by atoms with van der Waals surface area (Å²) in [6, 6.07) is 1.82. The van der Waals surface area contributed by atoms with E-state index in [4.69, 9.17) is 5.73 Å². The second-order valence-electron chi connectivity index (χ2n) is 5.53. The monoisotopic (exact) mass is 317 g/mol. The first-order valence-corrected chi connectivity index (χ1v) is 8.34. The lowest BCUT2D eigenvalue weighted by atomic mass is 9.96. The molecule has 0 spiro atoms. The van der Waals surface area contributed by atoms with E-state index >= 15 is 0 Å².